The first-order valence-electron chi connectivity index (χ1n) is 8.17. The third-order valence-corrected chi connectivity index (χ3v) is 5.17. The van der Waals surface area contributed by atoms with Gasteiger partial charge in [0.25, 0.3) is 11.6 Å². The van der Waals surface area contributed by atoms with E-state index in [2.05, 4.69) is 10.3 Å². The fourth-order valence-electron chi connectivity index (χ4n) is 2.50. The molecule has 0 aliphatic heterocycles. The summed E-state index contributed by atoms with van der Waals surface area (Å²) in [7, 11) is 0. The van der Waals surface area contributed by atoms with Gasteiger partial charge in [-0.3, -0.25) is 14.9 Å². The molecular weight excluding hydrogens is 386 g/mol. The van der Waals surface area contributed by atoms with E-state index in [1.165, 1.54) is 17.4 Å². The quantitative estimate of drug-likeness (QED) is 0.481. The SMILES string of the molecule is Cc1ccc(C(=O)NCCc2csc(-c3ccc(Cl)cc3)n2)cc1[N+](=O)[O-]. The number of aryl methyl sites for hydroxylation is 1. The summed E-state index contributed by atoms with van der Waals surface area (Å²) in [5, 5.41) is 17.3. The van der Waals surface area contributed by atoms with Crippen molar-refractivity contribution in [2.45, 2.75) is 13.3 Å². The van der Waals surface area contributed by atoms with Gasteiger partial charge in [-0.15, -0.1) is 11.3 Å². The first kappa shape index (κ1) is 19.0. The Labute approximate surface area is 165 Å². The Balaban J connectivity index is 1.58. The van der Waals surface area contributed by atoms with Crippen LogP contribution in [0.4, 0.5) is 5.69 Å². The Morgan fingerprint density at radius 3 is 2.70 bits per heavy atom. The van der Waals surface area contributed by atoms with E-state index in [1.54, 1.807) is 19.1 Å². The van der Waals surface area contributed by atoms with Gasteiger partial charge in [0, 0.05) is 46.1 Å². The van der Waals surface area contributed by atoms with E-state index in [0.717, 1.165) is 16.3 Å². The van der Waals surface area contributed by atoms with Gasteiger partial charge in [-0.2, -0.15) is 0 Å². The summed E-state index contributed by atoms with van der Waals surface area (Å²) in [6.07, 6.45) is 0.573. The lowest BCUT2D eigenvalue weighted by molar-refractivity contribution is -0.385. The number of nitrogens with one attached hydrogen (secondary N) is 1. The highest BCUT2D eigenvalue weighted by Crippen LogP contribution is 2.25. The van der Waals surface area contributed by atoms with E-state index in [4.69, 9.17) is 11.6 Å². The molecule has 2 aromatic carbocycles. The summed E-state index contributed by atoms with van der Waals surface area (Å²) in [6.45, 7) is 2.03. The predicted molar refractivity (Wildman–Crippen MR) is 106 cm³/mol. The van der Waals surface area contributed by atoms with Crippen molar-refractivity contribution in [3.8, 4) is 10.6 Å². The number of nitrogens with zero attached hydrogens (tertiary/aromatic N) is 2. The minimum atomic E-state index is -0.486. The molecule has 138 valence electrons. The molecule has 6 nitrogen and oxygen atoms in total. The highest BCUT2D eigenvalue weighted by atomic mass is 35.5. The summed E-state index contributed by atoms with van der Waals surface area (Å²) in [5.41, 5.74) is 2.60. The molecule has 0 aliphatic rings. The minimum Gasteiger partial charge on any atom is -0.352 e. The summed E-state index contributed by atoms with van der Waals surface area (Å²) in [5.74, 6) is -0.341. The minimum absolute atomic E-state index is 0.0604. The molecule has 0 atom stereocenters. The molecule has 3 aromatic rings. The number of hydrogen-bond donors (Lipinski definition) is 1. The standard InChI is InChI=1S/C19H16ClN3O3S/c1-12-2-3-14(10-17(12)23(25)26)18(24)21-9-8-16-11-27-19(22-16)13-4-6-15(20)7-5-13/h2-7,10-11H,8-9H2,1H3,(H,21,24). The number of halogens is 1. The van der Waals surface area contributed by atoms with E-state index in [1.807, 2.05) is 29.6 Å². The van der Waals surface area contributed by atoms with Crippen molar-refractivity contribution in [3.05, 3.63) is 79.8 Å². The van der Waals surface area contributed by atoms with Gasteiger partial charge < -0.3 is 5.32 Å². The third kappa shape index (κ3) is 4.69. The number of aromatic nitrogens is 1. The van der Waals surface area contributed by atoms with Crippen LogP contribution in [0.1, 0.15) is 21.6 Å². The Kier molecular flexibility index (Phi) is 5.83. The topological polar surface area (TPSA) is 85.1 Å². The fourth-order valence-corrected chi connectivity index (χ4v) is 3.49. The second-order valence-corrected chi connectivity index (χ2v) is 7.21. The third-order valence-electron chi connectivity index (χ3n) is 3.98. The van der Waals surface area contributed by atoms with Crippen molar-refractivity contribution >= 4 is 34.5 Å². The van der Waals surface area contributed by atoms with Gasteiger partial charge in [0.2, 0.25) is 0 Å². The van der Waals surface area contributed by atoms with Gasteiger partial charge in [0.05, 0.1) is 10.6 Å². The highest BCUT2D eigenvalue weighted by Gasteiger charge is 2.15. The van der Waals surface area contributed by atoms with Crippen LogP contribution in [0.5, 0.6) is 0 Å². The van der Waals surface area contributed by atoms with Crippen LogP contribution in [0, 0.1) is 17.0 Å². The number of amides is 1. The van der Waals surface area contributed by atoms with Crippen LogP contribution >= 0.6 is 22.9 Å². The lowest BCUT2D eigenvalue weighted by Crippen LogP contribution is -2.25. The monoisotopic (exact) mass is 401 g/mol. The highest BCUT2D eigenvalue weighted by molar-refractivity contribution is 7.13. The van der Waals surface area contributed by atoms with Gasteiger partial charge in [0.15, 0.2) is 0 Å². The zero-order valence-electron chi connectivity index (χ0n) is 14.4. The zero-order valence-corrected chi connectivity index (χ0v) is 16.0. The van der Waals surface area contributed by atoms with Crippen LogP contribution < -0.4 is 5.32 Å². The Hall–Kier alpha value is -2.77. The van der Waals surface area contributed by atoms with E-state index >= 15 is 0 Å². The molecular formula is C19H16ClN3O3S. The number of carbonyl (C=O) groups excluding carboxylic acids is 1. The van der Waals surface area contributed by atoms with Crippen LogP contribution in [-0.4, -0.2) is 22.4 Å². The number of hydrogen-bond acceptors (Lipinski definition) is 5. The van der Waals surface area contributed by atoms with E-state index in [-0.39, 0.29) is 17.2 Å². The average molecular weight is 402 g/mol. The lowest BCUT2D eigenvalue weighted by atomic mass is 10.1. The molecule has 0 aliphatic carbocycles. The first-order valence-corrected chi connectivity index (χ1v) is 9.43. The van der Waals surface area contributed by atoms with Crippen LogP contribution in [0.3, 0.4) is 0 Å². The number of rotatable bonds is 6. The van der Waals surface area contributed by atoms with Crippen molar-refractivity contribution in [2.24, 2.45) is 0 Å². The molecule has 0 radical (unpaired) electrons. The van der Waals surface area contributed by atoms with Crippen molar-refractivity contribution in [1.82, 2.24) is 10.3 Å². The molecule has 1 amide bonds. The zero-order chi connectivity index (χ0) is 19.4. The molecule has 0 saturated heterocycles. The van der Waals surface area contributed by atoms with Gasteiger partial charge in [-0.25, -0.2) is 4.98 Å². The van der Waals surface area contributed by atoms with Crippen LogP contribution in [0.2, 0.25) is 5.02 Å². The van der Waals surface area contributed by atoms with E-state index in [0.29, 0.717) is 23.6 Å². The van der Waals surface area contributed by atoms with Crippen molar-refractivity contribution in [3.63, 3.8) is 0 Å². The van der Waals surface area contributed by atoms with E-state index in [9.17, 15) is 14.9 Å². The van der Waals surface area contributed by atoms with Gasteiger partial charge in [-0.05, 0) is 25.1 Å². The summed E-state index contributed by atoms with van der Waals surface area (Å²) in [4.78, 5) is 27.3. The Bertz CT molecular complexity index is 986. The molecule has 0 unspecified atom stereocenters. The number of nitro groups is 1. The molecule has 27 heavy (non-hydrogen) atoms. The van der Waals surface area contributed by atoms with Crippen molar-refractivity contribution in [1.29, 1.82) is 0 Å². The second kappa shape index (κ2) is 8.28. The smallest absolute Gasteiger partial charge is 0.273 e. The number of nitro benzene ring substituents is 1. The largest absolute Gasteiger partial charge is 0.352 e. The molecule has 8 heteroatoms. The molecule has 1 aromatic heterocycles. The molecule has 1 N–H and O–H groups in total. The maximum atomic E-state index is 12.2. The summed E-state index contributed by atoms with van der Waals surface area (Å²) >= 11 is 7.42. The predicted octanol–water partition coefficient (Wildman–Crippen LogP) is 4.65. The Morgan fingerprint density at radius 2 is 2.00 bits per heavy atom. The average Bonchev–Trinajstić information content (AvgIpc) is 3.11. The number of carbonyl (C=O) groups is 1. The molecule has 3 rings (SSSR count). The number of benzene rings is 2. The summed E-state index contributed by atoms with van der Waals surface area (Å²) in [6, 6.07) is 11.9. The molecule has 0 fully saturated rings. The molecule has 1 heterocycles. The van der Waals surface area contributed by atoms with E-state index < -0.39 is 4.92 Å². The number of thiazole rings is 1. The molecule has 0 bridgehead atoms. The Morgan fingerprint density at radius 1 is 1.26 bits per heavy atom. The van der Waals surface area contributed by atoms with Crippen molar-refractivity contribution in [2.75, 3.05) is 6.54 Å². The lowest BCUT2D eigenvalue weighted by Gasteiger charge is -2.05. The second-order valence-electron chi connectivity index (χ2n) is 5.92. The van der Waals surface area contributed by atoms with Crippen molar-refractivity contribution < 1.29 is 9.72 Å². The van der Waals surface area contributed by atoms with Crippen LogP contribution in [0.25, 0.3) is 10.6 Å². The van der Waals surface area contributed by atoms with Gasteiger partial charge in [-0.1, -0.05) is 29.8 Å². The van der Waals surface area contributed by atoms with Crippen LogP contribution in [-0.2, 0) is 6.42 Å². The van der Waals surface area contributed by atoms with Gasteiger partial charge >= 0.3 is 0 Å². The molecule has 0 spiro atoms. The fraction of sp³-hybridized carbons (Fsp3) is 0.158. The van der Waals surface area contributed by atoms with Crippen LogP contribution in [0.15, 0.2) is 47.8 Å². The molecule has 0 saturated carbocycles. The normalized spacial score (nSPS) is 10.6. The van der Waals surface area contributed by atoms with Gasteiger partial charge in [0.1, 0.15) is 5.01 Å². The maximum Gasteiger partial charge on any atom is 0.273 e. The first-order chi connectivity index (χ1) is 12.9. The summed E-state index contributed by atoms with van der Waals surface area (Å²) < 4.78 is 0. The maximum absolute atomic E-state index is 12.2.